The Morgan fingerprint density at radius 1 is 1.43 bits per heavy atom. The highest BCUT2D eigenvalue weighted by atomic mass is 32.1. The molecule has 1 aromatic carbocycles. The molecule has 0 radical (unpaired) electrons. The first-order valence-corrected chi connectivity index (χ1v) is 7.04. The quantitative estimate of drug-likeness (QED) is 0.496. The molecule has 7 heteroatoms. The van der Waals surface area contributed by atoms with Gasteiger partial charge in [-0.15, -0.1) is 0 Å². The molecular formula is C14H19N3O3S. The second kappa shape index (κ2) is 4.92. The minimum Gasteiger partial charge on any atom is -0.371 e. The van der Waals surface area contributed by atoms with Crippen molar-refractivity contribution < 1.29 is 10.0 Å². The lowest BCUT2D eigenvalue weighted by molar-refractivity contribution is -0.384. The molecule has 2 rings (SSSR count). The highest BCUT2D eigenvalue weighted by molar-refractivity contribution is 7.80. The molecule has 0 amide bonds. The zero-order valence-corrected chi connectivity index (χ0v) is 13.3. The molecule has 1 heterocycles. The number of hydrogen-bond acceptors (Lipinski definition) is 4. The number of nitrogens with one attached hydrogen (secondary N) is 1. The van der Waals surface area contributed by atoms with Gasteiger partial charge in [0.2, 0.25) is 0 Å². The van der Waals surface area contributed by atoms with E-state index in [1.54, 1.807) is 26.0 Å². The maximum atomic E-state index is 11.3. The van der Waals surface area contributed by atoms with Crippen LogP contribution >= 0.6 is 12.2 Å². The first-order chi connectivity index (χ1) is 9.53. The Balaban J connectivity index is 2.55. The number of hydrogen-bond donors (Lipinski definition) is 2. The van der Waals surface area contributed by atoms with E-state index < -0.39 is 10.6 Å². The number of anilines is 1. The molecule has 1 atom stereocenters. The summed E-state index contributed by atoms with van der Waals surface area (Å²) in [5.74, 6) is 0. The molecular weight excluding hydrogens is 290 g/mol. The number of nitrogens with zero attached hydrogens (tertiary/aromatic N) is 2. The minimum absolute atomic E-state index is 0.0702. The van der Waals surface area contributed by atoms with Crippen molar-refractivity contribution in [2.75, 3.05) is 4.90 Å². The van der Waals surface area contributed by atoms with E-state index in [1.807, 2.05) is 13.8 Å². The average molecular weight is 309 g/mol. The third-order valence-electron chi connectivity index (χ3n) is 3.48. The summed E-state index contributed by atoms with van der Waals surface area (Å²) in [4.78, 5) is 12.3. The Hall–Kier alpha value is -1.73. The molecule has 1 fully saturated rings. The molecule has 6 nitrogen and oxygen atoms in total. The standard InChI is InChI=1S/C14H19N3O3S/c1-9-5-6-10(11(7-9)17(19)20)16-12(21)15-13(2,3)8-14(16,4)18/h5-7,18H,8H2,1-4H3,(H,15,21)/t14-/m0/s1. The van der Waals surface area contributed by atoms with Crippen LogP contribution in [0.25, 0.3) is 0 Å². The van der Waals surface area contributed by atoms with Crippen molar-refractivity contribution in [3.05, 3.63) is 33.9 Å². The molecule has 1 aromatic rings. The molecule has 0 aliphatic carbocycles. The summed E-state index contributed by atoms with van der Waals surface area (Å²) in [5, 5.41) is 25.4. The zero-order valence-electron chi connectivity index (χ0n) is 12.5. The lowest BCUT2D eigenvalue weighted by atomic mass is 9.89. The van der Waals surface area contributed by atoms with E-state index in [2.05, 4.69) is 5.32 Å². The number of nitro benzene ring substituents is 1. The summed E-state index contributed by atoms with van der Waals surface area (Å²) >= 11 is 5.32. The van der Waals surface area contributed by atoms with Gasteiger partial charge in [0, 0.05) is 18.0 Å². The van der Waals surface area contributed by atoms with Crippen LogP contribution in [0.4, 0.5) is 11.4 Å². The lowest BCUT2D eigenvalue weighted by Crippen LogP contribution is -2.66. The van der Waals surface area contributed by atoms with Crippen LogP contribution in [0.3, 0.4) is 0 Å². The van der Waals surface area contributed by atoms with Crippen molar-refractivity contribution in [1.82, 2.24) is 5.32 Å². The van der Waals surface area contributed by atoms with Crippen molar-refractivity contribution in [2.45, 2.75) is 45.4 Å². The first-order valence-electron chi connectivity index (χ1n) is 6.63. The topological polar surface area (TPSA) is 78.6 Å². The fourth-order valence-corrected chi connectivity index (χ4v) is 3.43. The summed E-state index contributed by atoms with van der Waals surface area (Å²) in [6.07, 6.45) is 0.380. The van der Waals surface area contributed by atoms with Gasteiger partial charge in [-0.25, -0.2) is 0 Å². The van der Waals surface area contributed by atoms with E-state index in [1.165, 1.54) is 11.0 Å². The number of aliphatic hydroxyl groups is 1. The summed E-state index contributed by atoms with van der Waals surface area (Å²) in [6, 6.07) is 4.86. The number of rotatable bonds is 2. The van der Waals surface area contributed by atoms with Crippen LogP contribution in [0.1, 0.15) is 32.8 Å². The molecule has 21 heavy (non-hydrogen) atoms. The monoisotopic (exact) mass is 309 g/mol. The van der Waals surface area contributed by atoms with Gasteiger partial charge in [-0.2, -0.15) is 0 Å². The van der Waals surface area contributed by atoms with Crippen molar-refractivity contribution in [3.63, 3.8) is 0 Å². The SMILES string of the molecule is Cc1ccc(N2C(=S)NC(C)(C)C[C@]2(C)O)c([N+](=O)[O-])c1. The highest BCUT2D eigenvalue weighted by Crippen LogP contribution is 2.38. The molecule has 0 saturated carbocycles. The molecule has 2 N–H and O–H groups in total. The van der Waals surface area contributed by atoms with Gasteiger partial charge in [-0.3, -0.25) is 15.0 Å². The van der Waals surface area contributed by atoms with Crippen LogP contribution in [-0.4, -0.2) is 26.4 Å². The Morgan fingerprint density at radius 3 is 2.57 bits per heavy atom. The van der Waals surface area contributed by atoms with Gasteiger partial charge >= 0.3 is 0 Å². The molecule has 0 bridgehead atoms. The summed E-state index contributed by atoms with van der Waals surface area (Å²) in [6.45, 7) is 7.25. The van der Waals surface area contributed by atoms with Gasteiger partial charge in [-0.1, -0.05) is 6.07 Å². The molecule has 1 aliphatic heterocycles. The first kappa shape index (κ1) is 15.7. The minimum atomic E-state index is -1.30. The Bertz CT molecular complexity index is 613. The van der Waals surface area contributed by atoms with Crippen molar-refractivity contribution in [3.8, 4) is 0 Å². The predicted molar refractivity (Wildman–Crippen MR) is 85.4 cm³/mol. The van der Waals surface area contributed by atoms with E-state index in [-0.39, 0.29) is 16.3 Å². The third kappa shape index (κ3) is 2.98. The number of benzene rings is 1. The van der Waals surface area contributed by atoms with Crippen LogP contribution in [0.15, 0.2) is 18.2 Å². The van der Waals surface area contributed by atoms with Crippen molar-refractivity contribution in [2.24, 2.45) is 0 Å². The Labute approximate surface area is 128 Å². The number of aryl methyl sites for hydroxylation is 1. The smallest absolute Gasteiger partial charge is 0.293 e. The average Bonchev–Trinajstić information content (AvgIpc) is 2.26. The third-order valence-corrected chi connectivity index (χ3v) is 3.76. The highest BCUT2D eigenvalue weighted by Gasteiger charge is 2.45. The predicted octanol–water partition coefficient (Wildman–Crippen LogP) is 2.47. The van der Waals surface area contributed by atoms with Crippen LogP contribution in [0, 0.1) is 17.0 Å². The van der Waals surface area contributed by atoms with E-state index in [0.29, 0.717) is 12.1 Å². The molecule has 114 valence electrons. The normalized spacial score (nSPS) is 24.6. The fourth-order valence-electron chi connectivity index (χ4n) is 2.86. The molecule has 0 spiro atoms. The second-order valence-electron chi connectivity index (χ2n) is 6.29. The van der Waals surface area contributed by atoms with E-state index in [4.69, 9.17) is 12.2 Å². The van der Waals surface area contributed by atoms with Gasteiger partial charge in [0.25, 0.3) is 5.69 Å². The summed E-state index contributed by atoms with van der Waals surface area (Å²) < 4.78 is 0. The largest absolute Gasteiger partial charge is 0.371 e. The van der Waals surface area contributed by atoms with Crippen LogP contribution in [-0.2, 0) is 0 Å². The van der Waals surface area contributed by atoms with Gasteiger partial charge in [0.15, 0.2) is 5.11 Å². The summed E-state index contributed by atoms with van der Waals surface area (Å²) in [5.41, 5.74) is -0.674. The van der Waals surface area contributed by atoms with Gasteiger partial charge < -0.3 is 10.4 Å². The van der Waals surface area contributed by atoms with Gasteiger partial charge in [0.1, 0.15) is 11.4 Å². The van der Waals surface area contributed by atoms with E-state index in [0.717, 1.165) is 5.56 Å². The van der Waals surface area contributed by atoms with Crippen molar-refractivity contribution in [1.29, 1.82) is 0 Å². The Kier molecular flexibility index (Phi) is 3.67. The van der Waals surface area contributed by atoms with Gasteiger partial charge in [-0.05, 0) is 51.5 Å². The van der Waals surface area contributed by atoms with Crippen LogP contribution < -0.4 is 10.2 Å². The number of thiocarbonyl (C=S) groups is 1. The van der Waals surface area contributed by atoms with E-state index >= 15 is 0 Å². The van der Waals surface area contributed by atoms with E-state index in [9.17, 15) is 15.2 Å². The lowest BCUT2D eigenvalue weighted by Gasteiger charge is -2.49. The fraction of sp³-hybridized carbons (Fsp3) is 0.500. The Morgan fingerprint density at radius 2 is 2.05 bits per heavy atom. The molecule has 0 unspecified atom stereocenters. The van der Waals surface area contributed by atoms with Crippen molar-refractivity contribution >= 4 is 28.7 Å². The van der Waals surface area contributed by atoms with Gasteiger partial charge in [0.05, 0.1) is 4.92 Å². The molecule has 1 saturated heterocycles. The van der Waals surface area contributed by atoms with Crippen LogP contribution in [0.5, 0.6) is 0 Å². The maximum absolute atomic E-state index is 11.3. The maximum Gasteiger partial charge on any atom is 0.293 e. The summed E-state index contributed by atoms with van der Waals surface area (Å²) in [7, 11) is 0. The second-order valence-corrected chi connectivity index (χ2v) is 6.68. The molecule has 0 aromatic heterocycles. The zero-order chi connectivity index (χ0) is 16.0. The van der Waals surface area contributed by atoms with Crippen LogP contribution in [0.2, 0.25) is 0 Å². The number of nitro groups is 1. The molecule has 1 aliphatic rings.